The van der Waals surface area contributed by atoms with Gasteiger partial charge in [-0.1, -0.05) is 29.8 Å². The van der Waals surface area contributed by atoms with E-state index in [0.29, 0.717) is 18.0 Å². The zero-order valence-corrected chi connectivity index (χ0v) is 16.3. The minimum absolute atomic E-state index is 0.307. The number of aryl methyl sites for hydroxylation is 1. The maximum absolute atomic E-state index is 12.9. The molecular formula is C23H20FN3O3. The number of nitrogens with zero attached hydrogens (tertiary/aromatic N) is 1. The third kappa shape index (κ3) is 6.27. The van der Waals surface area contributed by atoms with Crippen molar-refractivity contribution in [2.45, 2.75) is 13.5 Å². The van der Waals surface area contributed by atoms with Crippen LogP contribution in [0.5, 0.6) is 5.75 Å². The van der Waals surface area contributed by atoms with Crippen LogP contribution in [-0.4, -0.2) is 18.0 Å². The number of carbonyl (C=O) groups excluding carboxylic acids is 2. The van der Waals surface area contributed by atoms with Crippen molar-refractivity contribution in [3.05, 3.63) is 95.3 Å². The average molecular weight is 405 g/mol. The quantitative estimate of drug-likeness (QED) is 0.372. The van der Waals surface area contributed by atoms with Crippen LogP contribution in [0.25, 0.3) is 0 Å². The van der Waals surface area contributed by atoms with Crippen LogP contribution in [0, 0.1) is 12.7 Å². The van der Waals surface area contributed by atoms with E-state index in [4.69, 9.17) is 4.74 Å². The summed E-state index contributed by atoms with van der Waals surface area (Å²) in [7, 11) is 0. The molecule has 0 radical (unpaired) electrons. The second-order valence-electron chi connectivity index (χ2n) is 6.50. The largest absolute Gasteiger partial charge is 0.489 e. The highest BCUT2D eigenvalue weighted by atomic mass is 19.1. The van der Waals surface area contributed by atoms with Crippen molar-refractivity contribution in [2.75, 3.05) is 5.32 Å². The van der Waals surface area contributed by atoms with Gasteiger partial charge in [0.1, 0.15) is 18.2 Å². The van der Waals surface area contributed by atoms with E-state index in [1.807, 2.05) is 31.2 Å². The Bertz CT molecular complexity index is 1030. The van der Waals surface area contributed by atoms with Crippen molar-refractivity contribution in [3.63, 3.8) is 0 Å². The minimum atomic E-state index is -0.936. The van der Waals surface area contributed by atoms with E-state index in [1.54, 1.807) is 24.3 Å². The fourth-order valence-electron chi connectivity index (χ4n) is 2.44. The van der Waals surface area contributed by atoms with Gasteiger partial charge in [-0.05, 0) is 66.6 Å². The number of benzene rings is 3. The molecule has 0 aromatic heterocycles. The van der Waals surface area contributed by atoms with Gasteiger partial charge >= 0.3 is 11.8 Å². The standard InChI is InChI=1S/C23H20FN3O3/c1-16-2-4-18(5-3-16)15-30-21-12-6-17(7-13-21)14-25-27-23(29)22(28)26-20-10-8-19(24)9-11-20/h2-14H,15H2,1H3,(H,26,28)(H,27,29)/b25-14-. The first kappa shape index (κ1) is 20.7. The fraction of sp³-hybridized carbons (Fsp3) is 0.0870. The van der Waals surface area contributed by atoms with Crippen molar-refractivity contribution < 1.29 is 18.7 Å². The van der Waals surface area contributed by atoms with Crippen molar-refractivity contribution in [1.29, 1.82) is 0 Å². The van der Waals surface area contributed by atoms with Gasteiger partial charge in [0.25, 0.3) is 0 Å². The molecule has 30 heavy (non-hydrogen) atoms. The van der Waals surface area contributed by atoms with Crippen molar-refractivity contribution in [3.8, 4) is 5.75 Å². The number of hydrogen-bond donors (Lipinski definition) is 2. The number of anilines is 1. The van der Waals surface area contributed by atoms with Gasteiger partial charge in [-0.2, -0.15) is 5.10 Å². The first-order valence-corrected chi connectivity index (χ1v) is 9.18. The van der Waals surface area contributed by atoms with E-state index in [0.717, 1.165) is 11.1 Å². The summed E-state index contributed by atoms with van der Waals surface area (Å²) in [5, 5.41) is 6.11. The summed E-state index contributed by atoms with van der Waals surface area (Å²) in [6, 6.07) is 20.3. The van der Waals surface area contributed by atoms with Gasteiger partial charge in [-0.3, -0.25) is 9.59 Å². The van der Waals surface area contributed by atoms with Crippen molar-refractivity contribution >= 4 is 23.7 Å². The van der Waals surface area contributed by atoms with Crippen LogP contribution in [0.1, 0.15) is 16.7 Å². The molecule has 0 unspecified atom stereocenters. The lowest BCUT2D eigenvalue weighted by Gasteiger charge is -2.07. The Morgan fingerprint density at radius 2 is 1.60 bits per heavy atom. The smallest absolute Gasteiger partial charge is 0.329 e. The predicted octanol–water partition coefficient (Wildman–Crippen LogP) is 3.80. The fourth-order valence-corrected chi connectivity index (χ4v) is 2.44. The minimum Gasteiger partial charge on any atom is -0.489 e. The van der Waals surface area contributed by atoms with Crippen molar-refractivity contribution in [2.24, 2.45) is 5.10 Å². The van der Waals surface area contributed by atoms with Crippen LogP contribution < -0.4 is 15.5 Å². The molecule has 152 valence electrons. The number of hydrogen-bond acceptors (Lipinski definition) is 4. The molecule has 0 aliphatic rings. The highest BCUT2D eigenvalue weighted by Gasteiger charge is 2.12. The first-order chi connectivity index (χ1) is 14.5. The maximum Gasteiger partial charge on any atom is 0.329 e. The topological polar surface area (TPSA) is 79.8 Å². The van der Waals surface area contributed by atoms with Gasteiger partial charge in [0.05, 0.1) is 6.21 Å². The van der Waals surface area contributed by atoms with Gasteiger partial charge in [-0.25, -0.2) is 9.82 Å². The molecule has 3 rings (SSSR count). The summed E-state index contributed by atoms with van der Waals surface area (Å²) in [4.78, 5) is 23.6. The second-order valence-corrected chi connectivity index (χ2v) is 6.50. The first-order valence-electron chi connectivity index (χ1n) is 9.18. The molecule has 3 aromatic rings. The molecular weight excluding hydrogens is 385 g/mol. The third-order valence-electron chi connectivity index (χ3n) is 4.09. The zero-order valence-electron chi connectivity index (χ0n) is 16.3. The number of amides is 2. The average Bonchev–Trinajstić information content (AvgIpc) is 2.76. The van der Waals surface area contributed by atoms with E-state index in [2.05, 4.69) is 15.8 Å². The van der Waals surface area contributed by atoms with Crippen LogP contribution in [0.15, 0.2) is 77.9 Å². The number of carbonyl (C=O) groups is 2. The second kappa shape index (κ2) is 9.97. The summed E-state index contributed by atoms with van der Waals surface area (Å²) in [6.07, 6.45) is 1.41. The molecule has 0 bridgehead atoms. The van der Waals surface area contributed by atoms with E-state index >= 15 is 0 Å². The Kier molecular flexibility index (Phi) is 6.89. The van der Waals surface area contributed by atoms with Crippen LogP contribution >= 0.6 is 0 Å². The van der Waals surface area contributed by atoms with Gasteiger partial charge in [0.15, 0.2) is 0 Å². The maximum atomic E-state index is 12.9. The van der Waals surface area contributed by atoms with Gasteiger partial charge in [0.2, 0.25) is 0 Å². The molecule has 0 heterocycles. The van der Waals surface area contributed by atoms with E-state index < -0.39 is 17.6 Å². The number of nitrogens with one attached hydrogen (secondary N) is 2. The number of halogens is 1. The molecule has 0 aliphatic carbocycles. The molecule has 0 aliphatic heterocycles. The van der Waals surface area contributed by atoms with Gasteiger partial charge in [-0.15, -0.1) is 0 Å². The molecule has 0 saturated carbocycles. The highest BCUT2D eigenvalue weighted by molar-refractivity contribution is 6.39. The molecule has 0 atom stereocenters. The summed E-state index contributed by atoms with van der Waals surface area (Å²) in [6.45, 7) is 2.50. The Morgan fingerprint density at radius 1 is 0.933 bits per heavy atom. The van der Waals surface area contributed by atoms with Crippen molar-refractivity contribution in [1.82, 2.24) is 5.43 Å². The van der Waals surface area contributed by atoms with Gasteiger partial charge in [0, 0.05) is 5.69 Å². The van der Waals surface area contributed by atoms with Gasteiger partial charge < -0.3 is 10.1 Å². The van der Waals surface area contributed by atoms with Crippen LogP contribution in [0.3, 0.4) is 0 Å². The summed E-state index contributed by atoms with van der Waals surface area (Å²) >= 11 is 0. The lowest BCUT2D eigenvalue weighted by molar-refractivity contribution is -0.136. The Hall–Kier alpha value is -4.00. The van der Waals surface area contributed by atoms with E-state index in [-0.39, 0.29) is 0 Å². The number of hydrazone groups is 1. The Morgan fingerprint density at radius 3 is 2.27 bits per heavy atom. The lowest BCUT2D eigenvalue weighted by Crippen LogP contribution is -2.32. The summed E-state index contributed by atoms with van der Waals surface area (Å²) in [5.41, 5.74) is 5.44. The monoisotopic (exact) mass is 405 g/mol. The molecule has 7 heteroatoms. The lowest BCUT2D eigenvalue weighted by atomic mass is 10.2. The normalized spacial score (nSPS) is 10.6. The molecule has 0 fully saturated rings. The summed E-state index contributed by atoms with van der Waals surface area (Å²) in [5.74, 6) is -1.57. The Labute approximate surface area is 173 Å². The summed E-state index contributed by atoms with van der Waals surface area (Å²) < 4.78 is 18.6. The zero-order chi connectivity index (χ0) is 21.3. The molecule has 2 amide bonds. The molecule has 2 N–H and O–H groups in total. The SMILES string of the molecule is Cc1ccc(COc2ccc(/C=N\NC(=O)C(=O)Nc3ccc(F)cc3)cc2)cc1. The van der Waals surface area contributed by atoms with Crippen LogP contribution in [0.4, 0.5) is 10.1 Å². The number of ether oxygens (including phenoxy) is 1. The molecule has 6 nitrogen and oxygen atoms in total. The highest BCUT2D eigenvalue weighted by Crippen LogP contribution is 2.14. The molecule has 0 saturated heterocycles. The predicted molar refractivity (Wildman–Crippen MR) is 113 cm³/mol. The molecule has 3 aromatic carbocycles. The van der Waals surface area contributed by atoms with E-state index in [9.17, 15) is 14.0 Å². The molecule has 0 spiro atoms. The van der Waals surface area contributed by atoms with E-state index in [1.165, 1.54) is 36.0 Å². The number of rotatable bonds is 6. The third-order valence-corrected chi connectivity index (χ3v) is 4.09. The van der Waals surface area contributed by atoms with Crippen LogP contribution in [-0.2, 0) is 16.2 Å². The Balaban J connectivity index is 1.46. The van der Waals surface area contributed by atoms with Crippen LogP contribution in [0.2, 0.25) is 0 Å².